The molecule has 17 heavy (non-hydrogen) atoms. The second-order valence-corrected chi connectivity index (χ2v) is 6.09. The molecule has 2 aliphatic rings. The Labute approximate surface area is 106 Å². The Kier molecular flexibility index (Phi) is 5.26. The van der Waals surface area contributed by atoms with Crippen molar-refractivity contribution in [1.82, 2.24) is 10.2 Å². The number of nitrogens with zero attached hydrogens (tertiary/aromatic N) is 1. The largest absolute Gasteiger partial charge is 0.396 e. The summed E-state index contributed by atoms with van der Waals surface area (Å²) in [4.78, 5) is 2.45. The molecule has 2 atom stereocenters. The molecule has 1 aliphatic heterocycles. The highest BCUT2D eigenvalue weighted by atomic mass is 16.2. The van der Waals surface area contributed by atoms with Gasteiger partial charge in [0.15, 0.2) is 0 Å². The molecule has 0 aromatic rings. The van der Waals surface area contributed by atoms with E-state index < -0.39 is 0 Å². The monoisotopic (exact) mass is 240 g/mol. The Morgan fingerprint density at radius 1 is 1.24 bits per heavy atom. The quantitative estimate of drug-likeness (QED) is 0.738. The van der Waals surface area contributed by atoms with Crippen molar-refractivity contribution < 1.29 is 5.11 Å². The summed E-state index contributed by atoms with van der Waals surface area (Å²) >= 11 is 0. The average Bonchev–Trinajstić information content (AvgIpc) is 2.23. The Balaban J connectivity index is 1.68. The summed E-state index contributed by atoms with van der Waals surface area (Å²) in [5, 5.41) is 12.7. The van der Waals surface area contributed by atoms with Gasteiger partial charge in [0, 0.05) is 25.7 Å². The van der Waals surface area contributed by atoms with Crippen LogP contribution in [0, 0.1) is 11.8 Å². The molecule has 1 aliphatic carbocycles. The molecule has 0 aromatic heterocycles. The number of likely N-dealkylation sites (N-methyl/N-ethyl adjacent to an activating group) is 1. The van der Waals surface area contributed by atoms with E-state index in [4.69, 9.17) is 5.11 Å². The first kappa shape index (κ1) is 13.3. The number of rotatable bonds is 6. The van der Waals surface area contributed by atoms with Gasteiger partial charge in [-0.2, -0.15) is 0 Å². The van der Waals surface area contributed by atoms with E-state index >= 15 is 0 Å². The molecule has 0 amide bonds. The van der Waals surface area contributed by atoms with Gasteiger partial charge in [-0.15, -0.1) is 0 Å². The zero-order chi connectivity index (χ0) is 12.1. The number of hydrogen-bond acceptors (Lipinski definition) is 3. The summed E-state index contributed by atoms with van der Waals surface area (Å²) in [6.07, 6.45) is 7.76. The minimum atomic E-state index is 0.348. The lowest BCUT2D eigenvalue weighted by Gasteiger charge is -2.37. The van der Waals surface area contributed by atoms with Crippen molar-refractivity contribution in [3.63, 3.8) is 0 Å². The van der Waals surface area contributed by atoms with Crippen LogP contribution in [0.15, 0.2) is 0 Å². The molecule has 0 radical (unpaired) electrons. The van der Waals surface area contributed by atoms with Crippen LogP contribution in [0.4, 0.5) is 0 Å². The van der Waals surface area contributed by atoms with E-state index in [-0.39, 0.29) is 0 Å². The number of aliphatic hydroxyl groups excluding tert-OH is 1. The summed E-state index contributed by atoms with van der Waals surface area (Å²) in [5.74, 6) is 1.73. The second kappa shape index (κ2) is 6.72. The highest BCUT2D eigenvalue weighted by Crippen LogP contribution is 2.26. The van der Waals surface area contributed by atoms with Gasteiger partial charge in [0.2, 0.25) is 0 Å². The van der Waals surface area contributed by atoms with Crippen molar-refractivity contribution >= 4 is 0 Å². The predicted octanol–water partition coefficient (Wildman–Crippen LogP) is 1.47. The molecule has 100 valence electrons. The first-order chi connectivity index (χ1) is 8.28. The van der Waals surface area contributed by atoms with Crippen LogP contribution in [-0.2, 0) is 0 Å². The summed E-state index contributed by atoms with van der Waals surface area (Å²) in [5.41, 5.74) is 0. The molecule has 2 rings (SSSR count). The number of likely N-dealkylation sites (tertiary alicyclic amines) is 1. The maximum atomic E-state index is 8.92. The van der Waals surface area contributed by atoms with Crippen molar-refractivity contribution in [1.29, 1.82) is 0 Å². The van der Waals surface area contributed by atoms with E-state index in [9.17, 15) is 0 Å². The number of aliphatic hydroxyl groups is 1. The third-order valence-corrected chi connectivity index (χ3v) is 4.41. The first-order valence-corrected chi connectivity index (χ1v) is 7.30. The molecule has 0 spiro atoms. The molecular formula is C14H28N2O. The lowest BCUT2D eigenvalue weighted by molar-refractivity contribution is 0.147. The fraction of sp³-hybridized carbons (Fsp3) is 1.00. The normalized spacial score (nSPS) is 31.4. The highest BCUT2D eigenvalue weighted by Gasteiger charge is 2.26. The third-order valence-electron chi connectivity index (χ3n) is 4.41. The minimum Gasteiger partial charge on any atom is -0.396 e. The Morgan fingerprint density at radius 3 is 2.71 bits per heavy atom. The van der Waals surface area contributed by atoms with Gasteiger partial charge in [-0.25, -0.2) is 0 Å². The molecule has 3 heteroatoms. The molecule has 2 unspecified atom stereocenters. The minimum absolute atomic E-state index is 0.348. The zero-order valence-electron chi connectivity index (χ0n) is 11.2. The van der Waals surface area contributed by atoms with Gasteiger partial charge in [0.25, 0.3) is 0 Å². The van der Waals surface area contributed by atoms with E-state index in [0.717, 1.165) is 18.3 Å². The van der Waals surface area contributed by atoms with Gasteiger partial charge in [-0.05, 0) is 57.5 Å². The zero-order valence-corrected chi connectivity index (χ0v) is 11.2. The van der Waals surface area contributed by atoms with Crippen molar-refractivity contribution in [2.45, 2.75) is 44.6 Å². The molecule has 1 saturated carbocycles. The standard InChI is InChI=1S/C14H28N2O/c1-16-10-13(6-3-7-17)8-14(11-16)15-9-12-4-2-5-12/h12-15,17H,2-11H2,1H3. The van der Waals surface area contributed by atoms with E-state index in [1.54, 1.807) is 0 Å². The van der Waals surface area contributed by atoms with Crippen molar-refractivity contribution in [2.75, 3.05) is 33.3 Å². The van der Waals surface area contributed by atoms with Crippen LogP contribution in [0.2, 0.25) is 0 Å². The maximum absolute atomic E-state index is 8.92. The SMILES string of the molecule is CN1CC(CCCO)CC(NCC2CCC2)C1. The van der Waals surface area contributed by atoms with Crippen LogP contribution in [0.25, 0.3) is 0 Å². The number of nitrogens with one attached hydrogen (secondary N) is 1. The Hall–Kier alpha value is -0.120. The lowest BCUT2D eigenvalue weighted by atomic mass is 9.84. The molecular weight excluding hydrogens is 212 g/mol. The van der Waals surface area contributed by atoms with E-state index in [2.05, 4.69) is 17.3 Å². The van der Waals surface area contributed by atoms with E-state index in [1.807, 2.05) is 0 Å². The van der Waals surface area contributed by atoms with Crippen LogP contribution in [0.5, 0.6) is 0 Å². The van der Waals surface area contributed by atoms with Gasteiger partial charge in [-0.1, -0.05) is 6.42 Å². The molecule has 2 fully saturated rings. The van der Waals surface area contributed by atoms with Crippen LogP contribution < -0.4 is 5.32 Å². The second-order valence-electron chi connectivity index (χ2n) is 6.09. The summed E-state index contributed by atoms with van der Waals surface area (Å²) in [6.45, 7) is 3.98. The van der Waals surface area contributed by atoms with Crippen molar-refractivity contribution in [3.8, 4) is 0 Å². The van der Waals surface area contributed by atoms with Gasteiger partial charge in [0.05, 0.1) is 0 Å². The number of hydrogen-bond donors (Lipinski definition) is 2. The molecule has 1 heterocycles. The molecule has 0 bridgehead atoms. The van der Waals surface area contributed by atoms with E-state index in [0.29, 0.717) is 12.6 Å². The topological polar surface area (TPSA) is 35.5 Å². The van der Waals surface area contributed by atoms with Crippen LogP contribution in [0.1, 0.15) is 38.5 Å². The molecule has 1 saturated heterocycles. The molecule has 3 nitrogen and oxygen atoms in total. The summed E-state index contributed by atoms with van der Waals surface area (Å²) in [6, 6.07) is 0.679. The lowest BCUT2D eigenvalue weighted by Crippen LogP contribution is -2.49. The highest BCUT2D eigenvalue weighted by molar-refractivity contribution is 4.83. The van der Waals surface area contributed by atoms with Gasteiger partial charge in [-0.3, -0.25) is 0 Å². The Bertz CT molecular complexity index is 218. The maximum Gasteiger partial charge on any atom is 0.0431 e. The predicted molar refractivity (Wildman–Crippen MR) is 71.1 cm³/mol. The summed E-state index contributed by atoms with van der Waals surface area (Å²) in [7, 11) is 2.23. The fourth-order valence-electron chi connectivity index (χ4n) is 3.21. The number of piperidine rings is 1. The van der Waals surface area contributed by atoms with Crippen molar-refractivity contribution in [3.05, 3.63) is 0 Å². The molecule has 2 N–H and O–H groups in total. The van der Waals surface area contributed by atoms with Crippen molar-refractivity contribution in [2.24, 2.45) is 11.8 Å². The van der Waals surface area contributed by atoms with Crippen LogP contribution in [0.3, 0.4) is 0 Å². The average molecular weight is 240 g/mol. The van der Waals surface area contributed by atoms with Crippen LogP contribution in [-0.4, -0.2) is 49.3 Å². The summed E-state index contributed by atoms with van der Waals surface area (Å²) < 4.78 is 0. The van der Waals surface area contributed by atoms with E-state index in [1.165, 1.54) is 51.7 Å². The third kappa shape index (κ3) is 4.23. The van der Waals surface area contributed by atoms with Gasteiger partial charge >= 0.3 is 0 Å². The Morgan fingerprint density at radius 2 is 2.06 bits per heavy atom. The van der Waals surface area contributed by atoms with Crippen LogP contribution >= 0.6 is 0 Å². The van der Waals surface area contributed by atoms with Gasteiger partial charge in [0.1, 0.15) is 0 Å². The fourth-order valence-corrected chi connectivity index (χ4v) is 3.21. The smallest absolute Gasteiger partial charge is 0.0431 e. The van der Waals surface area contributed by atoms with Gasteiger partial charge < -0.3 is 15.3 Å². The first-order valence-electron chi connectivity index (χ1n) is 7.30. The molecule has 0 aromatic carbocycles.